The summed E-state index contributed by atoms with van der Waals surface area (Å²) in [6.45, 7) is 7.43. The Hall–Kier alpha value is -0.800. The number of nitrogens with one attached hydrogen (secondary N) is 1. The fourth-order valence-electron chi connectivity index (χ4n) is 2.05. The van der Waals surface area contributed by atoms with Gasteiger partial charge in [-0.25, -0.2) is 4.98 Å². The van der Waals surface area contributed by atoms with E-state index in [9.17, 15) is 0 Å². The Balaban J connectivity index is 2.62. The second-order valence-corrected chi connectivity index (χ2v) is 6.29. The van der Waals surface area contributed by atoms with Crippen molar-refractivity contribution in [3.05, 3.63) is 33.3 Å². The van der Waals surface area contributed by atoms with Crippen molar-refractivity contribution in [1.82, 2.24) is 4.98 Å². The van der Waals surface area contributed by atoms with Gasteiger partial charge in [0.25, 0.3) is 0 Å². The maximum Gasteiger partial charge on any atom is 0.130 e. The molecule has 0 radical (unpaired) electrons. The minimum Gasteiger partial charge on any atom is -0.370 e. The van der Waals surface area contributed by atoms with E-state index in [2.05, 4.69) is 54.2 Å². The first kappa shape index (κ1) is 14.6. The third kappa shape index (κ3) is 3.21. The molecule has 0 atom stereocenters. The molecule has 0 unspecified atom stereocenters. The van der Waals surface area contributed by atoms with Gasteiger partial charge in [-0.05, 0) is 36.1 Å². The minimum absolute atomic E-state index is 0.425. The second-order valence-electron chi connectivity index (χ2n) is 4.97. The molecule has 19 heavy (non-hydrogen) atoms. The zero-order valence-electron chi connectivity index (χ0n) is 11.4. The van der Waals surface area contributed by atoms with Gasteiger partial charge in [0.05, 0.1) is 10.5 Å². The third-order valence-corrected chi connectivity index (χ3v) is 3.78. The Morgan fingerprint density at radius 2 is 2.05 bits per heavy atom. The maximum absolute atomic E-state index is 6.28. The average Bonchev–Trinajstić information content (AvgIpc) is 2.35. The van der Waals surface area contributed by atoms with E-state index in [0.29, 0.717) is 10.9 Å². The number of halogens is 2. The molecule has 0 aliphatic carbocycles. The zero-order chi connectivity index (χ0) is 14.0. The first-order valence-corrected chi connectivity index (χ1v) is 7.73. The van der Waals surface area contributed by atoms with Crippen LogP contribution in [0.4, 0.5) is 5.82 Å². The van der Waals surface area contributed by atoms with E-state index in [1.165, 1.54) is 5.56 Å². The summed E-state index contributed by atoms with van der Waals surface area (Å²) in [4.78, 5) is 4.71. The van der Waals surface area contributed by atoms with E-state index in [4.69, 9.17) is 16.6 Å². The summed E-state index contributed by atoms with van der Waals surface area (Å²) in [7, 11) is 0. The molecule has 102 valence electrons. The van der Waals surface area contributed by atoms with Gasteiger partial charge in [0.2, 0.25) is 0 Å². The van der Waals surface area contributed by atoms with Gasteiger partial charge in [-0.1, -0.05) is 48.3 Å². The van der Waals surface area contributed by atoms with Crippen LogP contribution < -0.4 is 5.32 Å². The van der Waals surface area contributed by atoms with Gasteiger partial charge in [0.1, 0.15) is 5.82 Å². The summed E-state index contributed by atoms with van der Waals surface area (Å²) in [5, 5.41) is 5.15. The topological polar surface area (TPSA) is 24.9 Å². The molecule has 0 fully saturated rings. The zero-order valence-corrected chi connectivity index (χ0v) is 13.8. The molecule has 0 amide bonds. The Labute approximate surface area is 127 Å². The quantitative estimate of drug-likeness (QED) is 0.783. The first-order chi connectivity index (χ1) is 9.02. The van der Waals surface area contributed by atoms with Crippen LogP contribution in [0.15, 0.2) is 22.7 Å². The van der Waals surface area contributed by atoms with E-state index < -0.39 is 0 Å². The van der Waals surface area contributed by atoms with E-state index in [-0.39, 0.29) is 0 Å². The molecule has 2 aromatic rings. The SMILES string of the molecule is CCCNc1nc2c(Cl)cc(Br)cc2cc1C(C)C. The smallest absolute Gasteiger partial charge is 0.130 e. The maximum atomic E-state index is 6.28. The lowest BCUT2D eigenvalue weighted by Crippen LogP contribution is -2.06. The molecule has 0 saturated carbocycles. The van der Waals surface area contributed by atoms with Crippen LogP contribution in [0.5, 0.6) is 0 Å². The fourth-order valence-corrected chi connectivity index (χ4v) is 2.93. The van der Waals surface area contributed by atoms with Crippen LogP contribution in [-0.2, 0) is 0 Å². The molecule has 1 N–H and O–H groups in total. The lowest BCUT2D eigenvalue weighted by Gasteiger charge is -2.15. The molecule has 0 aliphatic heterocycles. The number of hydrogen-bond donors (Lipinski definition) is 1. The highest BCUT2D eigenvalue weighted by Crippen LogP contribution is 2.32. The number of pyridine rings is 1. The van der Waals surface area contributed by atoms with Crippen molar-refractivity contribution in [2.75, 3.05) is 11.9 Å². The van der Waals surface area contributed by atoms with E-state index in [0.717, 1.165) is 34.2 Å². The van der Waals surface area contributed by atoms with Gasteiger partial charge >= 0.3 is 0 Å². The van der Waals surface area contributed by atoms with Crippen molar-refractivity contribution in [1.29, 1.82) is 0 Å². The first-order valence-electron chi connectivity index (χ1n) is 6.56. The summed E-state index contributed by atoms with van der Waals surface area (Å²) in [5.74, 6) is 1.38. The number of aromatic nitrogens is 1. The van der Waals surface area contributed by atoms with Crippen molar-refractivity contribution in [2.45, 2.75) is 33.1 Å². The Bertz CT molecular complexity index is 596. The van der Waals surface area contributed by atoms with E-state index in [1.54, 1.807) is 0 Å². The summed E-state index contributed by atoms with van der Waals surface area (Å²) < 4.78 is 0.982. The van der Waals surface area contributed by atoms with Crippen LogP contribution >= 0.6 is 27.5 Å². The van der Waals surface area contributed by atoms with Crippen LogP contribution in [0.1, 0.15) is 38.7 Å². The molecule has 0 saturated heterocycles. The lowest BCUT2D eigenvalue weighted by atomic mass is 10.0. The average molecular weight is 342 g/mol. The molecule has 2 nitrogen and oxygen atoms in total. The molecule has 4 heteroatoms. The molecule has 0 aliphatic rings. The van der Waals surface area contributed by atoms with Crippen molar-refractivity contribution >= 4 is 44.3 Å². The van der Waals surface area contributed by atoms with Crippen LogP contribution in [0, 0.1) is 0 Å². The largest absolute Gasteiger partial charge is 0.370 e. The van der Waals surface area contributed by atoms with Crippen LogP contribution in [-0.4, -0.2) is 11.5 Å². The van der Waals surface area contributed by atoms with Gasteiger partial charge in [0.15, 0.2) is 0 Å². The van der Waals surface area contributed by atoms with Crippen LogP contribution in [0.2, 0.25) is 5.02 Å². The lowest BCUT2D eigenvalue weighted by molar-refractivity contribution is 0.856. The molecular weight excluding hydrogens is 324 g/mol. The highest BCUT2D eigenvalue weighted by Gasteiger charge is 2.12. The van der Waals surface area contributed by atoms with E-state index >= 15 is 0 Å². The highest BCUT2D eigenvalue weighted by molar-refractivity contribution is 9.10. The number of hydrogen-bond acceptors (Lipinski definition) is 2. The van der Waals surface area contributed by atoms with Crippen molar-refractivity contribution in [3.63, 3.8) is 0 Å². The fraction of sp³-hybridized carbons (Fsp3) is 0.400. The number of nitrogens with zero attached hydrogens (tertiary/aromatic N) is 1. The Morgan fingerprint density at radius 1 is 1.32 bits per heavy atom. The van der Waals surface area contributed by atoms with Gasteiger partial charge in [-0.2, -0.15) is 0 Å². The minimum atomic E-state index is 0.425. The third-order valence-electron chi connectivity index (χ3n) is 3.03. The molecule has 1 aromatic carbocycles. The molecular formula is C15H18BrClN2. The van der Waals surface area contributed by atoms with Gasteiger partial charge in [0, 0.05) is 16.4 Å². The van der Waals surface area contributed by atoms with E-state index in [1.807, 2.05) is 6.07 Å². The van der Waals surface area contributed by atoms with Crippen LogP contribution in [0.25, 0.3) is 10.9 Å². The highest BCUT2D eigenvalue weighted by atomic mass is 79.9. The molecule has 1 aromatic heterocycles. The number of anilines is 1. The predicted molar refractivity (Wildman–Crippen MR) is 87.3 cm³/mol. The Kier molecular flexibility index (Phi) is 4.69. The number of fused-ring (bicyclic) bond motifs is 1. The predicted octanol–water partition coefficient (Wildman–Crippen LogP) is 5.60. The standard InChI is InChI=1S/C15H18BrClN2/c1-4-5-18-15-12(9(2)3)7-10-6-11(16)8-13(17)14(10)19-15/h6-9H,4-5H2,1-3H3,(H,18,19). The molecule has 1 heterocycles. The number of rotatable bonds is 4. The van der Waals surface area contributed by atoms with Crippen molar-refractivity contribution in [2.24, 2.45) is 0 Å². The normalized spacial score (nSPS) is 11.3. The summed E-state index contributed by atoms with van der Waals surface area (Å²) in [6.07, 6.45) is 1.07. The summed E-state index contributed by atoms with van der Waals surface area (Å²) >= 11 is 9.76. The molecule has 0 bridgehead atoms. The Morgan fingerprint density at radius 3 is 2.68 bits per heavy atom. The number of benzene rings is 1. The molecule has 2 rings (SSSR count). The monoisotopic (exact) mass is 340 g/mol. The molecule has 0 spiro atoms. The van der Waals surface area contributed by atoms with Gasteiger partial charge in [-0.3, -0.25) is 0 Å². The van der Waals surface area contributed by atoms with Crippen LogP contribution in [0.3, 0.4) is 0 Å². The van der Waals surface area contributed by atoms with Crippen molar-refractivity contribution < 1.29 is 0 Å². The van der Waals surface area contributed by atoms with Crippen molar-refractivity contribution in [3.8, 4) is 0 Å². The summed E-state index contributed by atoms with van der Waals surface area (Å²) in [6, 6.07) is 6.13. The van der Waals surface area contributed by atoms with Gasteiger partial charge in [-0.15, -0.1) is 0 Å². The summed E-state index contributed by atoms with van der Waals surface area (Å²) in [5.41, 5.74) is 2.09. The second kappa shape index (κ2) is 6.10. The van der Waals surface area contributed by atoms with Gasteiger partial charge < -0.3 is 5.32 Å².